The highest BCUT2D eigenvalue weighted by Crippen LogP contribution is 2.24. The molecule has 0 saturated carbocycles. The molecule has 3 heterocycles. The third kappa shape index (κ3) is 3.30. The van der Waals surface area contributed by atoms with E-state index in [1.807, 2.05) is 41.4 Å². The molecule has 2 aromatic carbocycles. The first-order valence-electron chi connectivity index (χ1n) is 9.94. The van der Waals surface area contributed by atoms with Crippen LogP contribution >= 0.6 is 0 Å². The fourth-order valence-corrected chi connectivity index (χ4v) is 4.28. The van der Waals surface area contributed by atoms with Gasteiger partial charge >= 0.3 is 0 Å². The number of carbonyl (C=O) groups is 1. The molecular weight excluding hydrogens is 350 g/mol. The van der Waals surface area contributed by atoms with Gasteiger partial charge < -0.3 is 9.88 Å². The highest BCUT2D eigenvalue weighted by atomic mass is 16.2. The second kappa shape index (κ2) is 7.39. The Hall–Kier alpha value is -2.67. The normalized spacial score (nSPS) is 23.4. The monoisotopic (exact) mass is 375 g/mol. The molecule has 0 radical (unpaired) electrons. The SMILES string of the molecule is O=C(c1ccc2cc[nH]c2c1)N1CCN(C2CC(c3ccccc3)NN2)CC1. The number of hydrogen-bond donors (Lipinski definition) is 3. The largest absolute Gasteiger partial charge is 0.361 e. The molecule has 2 aliphatic heterocycles. The number of nitrogens with zero attached hydrogens (tertiary/aromatic N) is 2. The number of fused-ring (bicyclic) bond motifs is 1. The number of carbonyl (C=O) groups excluding carboxylic acids is 1. The van der Waals surface area contributed by atoms with Gasteiger partial charge in [0.15, 0.2) is 0 Å². The molecule has 2 unspecified atom stereocenters. The van der Waals surface area contributed by atoms with Gasteiger partial charge in [0.05, 0.1) is 6.17 Å². The van der Waals surface area contributed by atoms with Gasteiger partial charge in [-0.1, -0.05) is 36.4 Å². The zero-order chi connectivity index (χ0) is 18.9. The maximum absolute atomic E-state index is 12.9. The molecule has 144 valence electrons. The molecule has 28 heavy (non-hydrogen) atoms. The third-order valence-corrected chi connectivity index (χ3v) is 5.93. The van der Waals surface area contributed by atoms with E-state index in [1.165, 1.54) is 5.56 Å². The number of amides is 1. The Morgan fingerprint density at radius 2 is 1.75 bits per heavy atom. The van der Waals surface area contributed by atoms with Gasteiger partial charge in [-0.15, -0.1) is 0 Å². The Labute approximate surface area is 164 Å². The number of rotatable bonds is 3. The third-order valence-electron chi connectivity index (χ3n) is 5.93. The first kappa shape index (κ1) is 17.4. The van der Waals surface area contributed by atoms with Crippen LogP contribution in [0.4, 0.5) is 0 Å². The molecule has 3 aromatic rings. The summed E-state index contributed by atoms with van der Waals surface area (Å²) in [7, 11) is 0. The number of aromatic amines is 1. The molecule has 3 N–H and O–H groups in total. The highest BCUT2D eigenvalue weighted by Gasteiger charge is 2.32. The van der Waals surface area contributed by atoms with Crippen molar-refractivity contribution in [2.24, 2.45) is 0 Å². The van der Waals surface area contributed by atoms with Crippen molar-refractivity contribution in [3.05, 3.63) is 71.9 Å². The zero-order valence-electron chi connectivity index (χ0n) is 15.8. The maximum Gasteiger partial charge on any atom is 0.254 e. The first-order valence-corrected chi connectivity index (χ1v) is 9.94. The summed E-state index contributed by atoms with van der Waals surface area (Å²) < 4.78 is 0. The average molecular weight is 375 g/mol. The van der Waals surface area contributed by atoms with E-state index < -0.39 is 0 Å². The fourth-order valence-electron chi connectivity index (χ4n) is 4.28. The van der Waals surface area contributed by atoms with Gasteiger partial charge in [0.1, 0.15) is 0 Å². The minimum atomic E-state index is 0.121. The van der Waals surface area contributed by atoms with Crippen LogP contribution in [0.5, 0.6) is 0 Å². The summed E-state index contributed by atoms with van der Waals surface area (Å²) in [5.74, 6) is 0.121. The Morgan fingerprint density at radius 3 is 2.57 bits per heavy atom. The molecule has 0 aliphatic carbocycles. The zero-order valence-corrected chi connectivity index (χ0v) is 15.8. The number of hydrazine groups is 1. The molecule has 2 fully saturated rings. The lowest BCUT2D eigenvalue weighted by Crippen LogP contribution is -2.55. The van der Waals surface area contributed by atoms with Gasteiger partial charge in [-0.25, -0.2) is 10.9 Å². The van der Waals surface area contributed by atoms with Gasteiger partial charge in [0.2, 0.25) is 0 Å². The number of benzene rings is 2. The highest BCUT2D eigenvalue weighted by molar-refractivity contribution is 5.98. The van der Waals surface area contributed by atoms with Crippen molar-refractivity contribution in [1.29, 1.82) is 0 Å². The molecule has 2 aliphatic rings. The number of H-pyrrole nitrogens is 1. The molecule has 1 amide bonds. The average Bonchev–Trinajstić information content (AvgIpc) is 3.43. The summed E-state index contributed by atoms with van der Waals surface area (Å²) in [6.07, 6.45) is 3.24. The van der Waals surface area contributed by atoms with E-state index >= 15 is 0 Å². The summed E-state index contributed by atoms with van der Waals surface area (Å²) in [4.78, 5) is 20.5. The van der Waals surface area contributed by atoms with Crippen LogP contribution in [0.2, 0.25) is 0 Å². The Bertz CT molecular complexity index is 961. The van der Waals surface area contributed by atoms with Gasteiger partial charge in [-0.2, -0.15) is 0 Å². The van der Waals surface area contributed by atoms with E-state index in [0.29, 0.717) is 12.2 Å². The summed E-state index contributed by atoms with van der Waals surface area (Å²) in [5, 5.41) is 1.13. The maximum atomic E-state index is 12.9. The molecule has 1 aromatic heterocycles. The van der Waals surface area contributed by atoms with Crippen molar-refractivity contribution in [3.63, 3.8) is 0 Å². The predicted octanol–water partition coefficient (Wildman–Crippen LogP) is 2.49. The second-order valence-electron chi connectivity index (χ2n) is 7.61. The second-order valence-corrected chi connectivity index (χ2v) is 7.61. The van der Waals surface area contributed by atoms with E-state index in [9.17, 15) is 4.79 Å². The minimum Gasteiger partial charge on any atom is -0.361 e. The fraction of sp³-hybridized carbons (Fsp3) is 0.318. The van der Waals surface area contributed by atoms with Crippen LogP contribution in [-0.2, 0) is 0 Å². The van der Waals surface area contributed by atoms with Crippen molar-refractivity contribution in [1.82, 2.24) is 25.6 Å². The van der Waals surface area contributed by atoms with Crippen LogP contribution < -0.4 is 10.9 Å². The Morgan fingerprint density at radius 1 is 0.929 bits per heavy atom. The van der Waals surface area contributed by atoms with Gasteiger partial charge in [-0.05, 0) is 35.6 Å². The molecule has 2 atom stereocenters. The lowest BCUT2D eigenvalue weighted by atomic mass is 10.0. The van der Waals surface area contributed by atoms with E-state index in [4.69, 9.17) is 0 Å². The summed E-state index contributed by atoms with van der Waals surface area (Å²) >= 11 is 0. The van der Waals surface area contributed by atoms with E-state index in [2.05, 4.69) is 45.0 Å². The van der Waals surface area contributed by atoms with Gasteiger partial charge in [0.25, 0.3) is 5.91 Å². The van der Waals surface area contributed by atoms with Crippen molar-refractivity contribution in [2.45, 2.75) is 18.6 Å². The van der Waals surface area contributed by atoms with Crippen molar-refractivity contribution >= 4 is 16.8 Å². The van der Waals surface area contributed by atoms with Crippen LogP contribution in [0.25, 0.3) is 10.9 Å². The van der Waals surface area contributed by atoms with Crippen molar-refractivity contribution in [3.8, 4) is 0 Å². The standard InChI is InChI=1S/C22H25N5O/c28-22(18-7-6-17-8-9-23-19(17)14-18)27-12-10-26(11-13-27)21-15-20(24-25-21)16-4-2-1-3-5-16/h1-9,14,20-21,23-25H,10-13,15H2. The van der Waals surface area contributed by atoms with Crippen LogP contribution in [0.3, 0.4) is 0 Å². The lowest BCUT2D eigenvalue weighted by molar-refractivity contribution is 0.0545. The summed E-state index contributed by atoms with van der Waals surface area (Å²) in [6.45, 7) is 3.29. The molecular formula is C22H25N5O. The quantitative estimate of drug-likeness (QED) is 0.658. The minimum absolute atomic E-state index is 0.121. The molecule has 0 bridgehead atoms. The molecule has 6 nitrogen and oxygen atoms in total. The van der Waals surface area contributed by atoms with Crippen LogP contribution in [-0.4, -0.2) is 53.0 Å². The van der Waals surface area contributed by atoms with E-state index in [1.54, 1.807) is 0 Å². The number of hydrogen-bond acceptors (Lipinski definition) is 4. The number of aromatic nitrogens is 1. The van der Waals surface area contributed by atoms with E-state index in [0.717, 1.165) is 49.1 Å². The summed E-state index contributed by atoms with van der Waals surface area (Å²) in [6, 6.07) is 18.8. The Kier molecular flexibility index (Phi) is 4.60. The number of nitrogens with one attached hydrogen (secondary N) is 3. The molecule has 0 spiro atoms. The topological polar surface area (TPSA) is 63.4 Å². The lowest BCUT2D eigenvalue weighted by Gasteiger charge is -2.37. The van der Waals surface area contributed by atoms with Crippen molar-refractivity contribution < 1.29 is 4.79 Å². The molecule has 6 heteroatoms. The molecule has 2 saturated heterocycles. The van der Waals surface area contributed by atoms with Gasteiger partial charge in [-0.3, -0.25) is 9.69 Å². The predicted molar refractivity (Wildman–Crippen MR) is 110 cm³/mol. The Balaban J connectivity index is 1.19. The van der Waals surface area contributed by atoms with Crippen LogP contribution in [0.1, 0.15) is 28.4 Å². The van der Waals surface area contributed by atoms with Crippen LogP contribution in [0, 0.1) is 0 Å². The first-order chi connectivity index (χ1) is 13.8. The number of piperazine rings is 1. The van der Waals surface area contributed by atoms with Crippen molar-refractivity contribution in [2.75, 3.05) is 26.2 Å². The van der Waals surface area contributed by atoms with Crippen LogP contribution in [0.15, 0.2) is 60.8 Å². The summed E-state index contributed by atoms with van der Waals surface area (Å²) in [5.41, 5.74) is 9.94. The van der Waals surface area contributed by atoms with E-state index in [-0.39, 0.29) is 5.91 Å². The molecule has 5 rings (SSSR count). The van der Waals surface area contributed by atoms with Gasteiger partial charge in [0, 0.05) is 49.5 Å². The smallest absolute Gasteiger partial charge is 0.254 e.